The van der Waals surface area contributed by atoms with Crippen LogP contribution in [0.25, 0.3) is 11.0 Å². The first kappa shape index (κ1) is 19.9. The number of hydrogen-bond donors (Lipinski definition) is 1. The summed E-state index contributed by atoms with van der Waals surface area (Å²) in [7, 11) is 0. The Balaban J connectivity index is 1.82. The summed E-state index contributed by atoms with van der Waals surface area (Å²) >= 11 is 1.27. The molecule has 3 aromatic rings. The molecule has 0 saturated carbocycles. The minimum atomic E-state index is -0.300. The van der Waals surface area contributed by atoms with Crippen LogP contribution in [0.4, 0.5) is 5.69 Å². The van der Waals surface area contributed by atoms with E-state index in [1.165, 1.54) is 11.8 Å². The molecule has 146 valence electrons. The molecule has 6 nitrogen and oxygen atoms in total. The summed E-state index contributed by atoms with van der Waals surface area (Å²) in [5.74, 6) is -0.295. The van der Waals surface area contributed by atoms with Crippen molar-refractivity contribution in [1.29, 1.82) is 0 Å². The summed E-state index contributed by atoms with van der Waals surface area (Å²) in [6.07, 6.45) is 0. The molecule has 1 heterocycles. The van der Waals surface area contributed by atoms with Gasteiger partial charge in [-0.1, -0.05) is 36.0 Å². The second kappa shape index (κ2) is 8.93. The van der Waals surface area contributed by atoms with Crippen LogP contribution in [0.15, 0.2) is 47.6 Å². The first-order chi connectivity index (χ1) is 13.5. The second-order valence-electron chi connectivity index (χ2n) is 6.43. The molecular weight excluding hydrogens is 374 g/mol. The summed E-state index contributed by atoms with van der Waals surface area (Å²) in [4.78, 5) is 29.0. The van der Waals surface area contributed by atoms with Crippen LogP contribution in [0, 0.1) is 13.8 Å². The lowest BCUT2D eigenvalue weighted by Gasteiger charge is -2.12. The Hall–Kier alpha value is -2.80. The molecule has 1 N–H and O–H groups in total. The van der Waals surface area contributed by atoms with Gasteiger partial charge in [-0.25, -0.2) is 4.98 Å². The Morgan fingerprint density at radius 1 is 1.18 bits per heavy atom. The Bertz CT molecular complexity index is 1010. The number of anilines is 1. The number of thioether (sulfide) groups is 1. The van der Waals surface area contributed by atoms with E-state index in [9.17, 15) is 9.59 Å². The third-order valence-corrected chi connectivity index (χ3v) is 5.16. The van der Waals surface area contributed by atoms with Crippen molar-refractivity contribution in [3.63, 3.8) is 0 Å². The summed E-state index contributed by atoms with van der Waals surface area (Å²) < 4.78 is 6.82. The highest BCUT2D eigenvalue weighted by Gasteiger charge is 2.16. The number of imidazole rings is 1. The van der Waals surface area contributed by atoms with Gasteiger partial charge in [-0.3, -0.25) is 9.59 Å². The molecule has 0 bridgehead atoms. The largest absolute Gasteiger partial charge is 0.465 e. The van der Waals surface area contributed by atoms with Gasteiger partial charge in [0, 0.05) is 5.69 Å². The van der Waals surface area contributed by atoms with Gasteiger partial charge in [0.15, 0.2) is 5.16 Å². The molecule has 0 aliphatic carbocycles. The van der Waals surface area contributed by atoms with E-state index >= 15 is 0 Å². The molecule has 28 heavy (non-hydrogen) atoms. The van der Waals surface area contributed by atoms with E-state index in [1.54, 1.807) is 6.92 Å². The Kier molecular flexibility index (Phi) is 6.36. The lowest BCUT2D eigenvalue weighted by molar-refractivity contribution is -0.139. The van der Waals surface area contributed by atoms with E-state index < -0.39 is 0 Å². The summed E-state index contributed by atoms with van der Waals surface area (Å²) in [6.45, 7) is 6.17. The van der Waals surface area contributed by atoms with Crippen LogP contribution in [-0.4, -0.2) is 33.8 Å². The molecule has 0 unspecified atom stereocenters. The summed E-state index contributed by atoms with van der Waals surface area (Å²) in [5, 5.41) is 3.59. The van der Waals surface area contributed by atoms with Gasteiger partial charge in [0.25, 0.3) is 0 Å². The van der Waals surface area contributed by atoms with Crippen molar-refractivity contribution in [3.8, 4) is 0 Å². The number of carbonyl (C=O) groups excluding carboxylic acids is 2. The number of rotatable bonds is 7. The molecular formula is C21H23N3O3S. The maximum absolute atomic E-state index is 12.7. The second-order valence-corrected chi connectivity index (χ2v) is 7.37. The number of hydrogen-bond acceptors (Lipinski definition) is 5. The number of esters is 1. The molecule has 0 spiro atoms. The monoisotopic (exact) mass is 397 g/mol. The zero-order valence-corrected chi connectivity index (χ0v) is 17.0. The molecule has 1 aromatic heterocycles. The number of benzene rings is 2. The average molecular weight is 398 g/mol. The maximum atomic E-state index is 12.7. The van der Waals surface area contributed by atoms with Gasteiger partial charge < -0.3 is 14.6 Å². The van der Waals surface area contributed by atoms with Gasteiger partial charge in [-0.15, -0.1) is 0 Å². The third kappa shape index (κ3) is 4.72. The van der Waals surface area contributed by atoms with Gasteiger partial charge in [-0.2, -0.15) is 0 Å². The zero-order chi connectivity index (χ0) is 20.1. The van der Waals surface area contributed by atoms with Crippen LogP contribution in [0.1, 0.15) is 18.1 Å². The number of fused-ring (bicyclic) bond motifs is 1. The molecule has 1 amide bonds. The minimum absolute atomic E-state index is 0.110. The quantitative estimate of drug-likeness (QED) is 0.483. The topological polar surface area (TPSA) is 73.2 Å². The number of nitrogens with one attached hydrogen (secondary N) is 1. The maximum Gasteiger partial charge on any atom is 0.316 e. The molecule has 0 radical (unpaired) electrons. The summed E-state index contributed by atoms with van der Waals surface area (Å²) in [5.41, 5.74) is 4.53. The highest BCUT2D eigenvalue weighted by Crippen LogP contribution is 2.24. The molecule has 0 saturated heterocycles. The number of amides is 1. The van der Waals surface area contributed by atoms with Gasteiger partial charge >= 0.3 is 5.97 Å². The Morgan fingerprint density at radius 2 is 1.96 bits per heavy atom. The smallest absolute Gasteiger partial charge is 0.316 e. The lowest BCUT2D eigenvalue weighted by Crippen LogP contribution is -2.20. The van der Waals surface area contributed by atoms with Crippen molar-refractivity contribution in [2.24, 2.45) is 0 Å². The van der Waals surface area contributed by atoms with Gasteiger partial charge in [0.2, 0.25) is 5.91 Å². The number of para-hydroxylation sites is 2. The van der Waals surface area contributed by atoms with Crippen LogP contribution < -0.4 is 5.32 Å². The van der Waals surface area contributed by atoms with Crippen molar-refractivity contribution in [2.75, 3.05) is 17.7 Å². The molecule has 2 aromatic carbocycles. The van der Waals surface area contributed by atoms with E-state index in [-0.39, 0.29) is 24.2 Å². The third-order valence-electron chi connectivity index (χ3n) is 4.21. The lowest BCUT2D eigenvalue weighted by atomic mass is 10.1. The van der Waals surface area contributed by atoms with Gasteiger partial charge in [0.1, 0.15) is 6.54 Å². The Labute approximate surface area is 168 Å². The highest BCUT2D eigenvalue weighted by molar-refractivity contribution is 7.99. The minimum Gasteiger partial charge on any atom is -0.465 e. The van der Waals surface area contributed by atoms with Crippen molar-refractivity contribution >= 4 is 40.4 Å². The fourth-order valence-electron chi connectivity index (χ4n) is 2.85. The Morgan fingerprint density at radius 3 is 2.75 bits per heavy atom. The van der Waals surface area contributed by atoms with Crippen LogP contribution in [-0.2, 0) is 20.9 Å². The van der Waals surface area contributed by atoms with Crippen molar-refractivity contribution in [2.45, 2.75) is 32.5 Å². The number of nitrogens with zero attached hydrogens (tertiary/aromatic N) is 2. The summed E-state index contributed by atoms with van der Waals surface area (Å²) in [6, 6.07) is 13.6. The van der Waals surface area contributed by atoms with E-state index in [2.05, 4.69) is 10.3 Å². The molecule has 0 atom stereocenters. The highest BCUT2D eigenvalue weighted by atomic mass is 32.2. The van der Waals surface area contributed by atoms with Gasteiger partial charge in [0.05, 0.1) is 23.4 Å². The van der Waals surface area contributed by atoms with E-state index in [0.717, 1.165) is 27.8 Å². The molecule has 7 heteroatoms. The fourth-order valence-corrected chi connectivity index (χ4v) is 3.66. The number of aryl methyl sites for hydroxylation is 2. The molecule has 3 rings (SSSR count). The SMILES string of the molecule is CCOC(=O)CSc1nc2ccccc2n1CC(=O)Nc1cc(C)ccc1C. The predicted octanol–water partition coefficient (Wildman–Crippen LogP) is 3.95. The number of carbonyl (C=O) groups is 2. The number of ether oxygens (including phenoxy) is 1. The molecule has 0 aliphatic rings. The zero-order valence-electron chi connectivity index (χ0n) is 16.2. The van der Waals surface area contributed by atoms with Gasteiger partial charge in [-0.05, 0) is 50.1 Å². The predicted molar refractivity (Wildman–Crippen MR) is 112 cm³/mol. The number of aromatic nitrogens is 2. The van der Waals surface area contributed by atoms with Crippen LogP contribution in [0.3, 0.4) is 0 Å². The van der Waals surface area contributed by atoms with Crippen molar-refractivity contribution in [1.82, 2.24) is 9.55 Å². The standard InChI is InChI=1S/C21H23N3O3S/c1-4-27-20(26)13-28-21-23-16-7-5-6-8-18(16)24(21)12-19(25)22-17-11-14(2)9-10-15(17)3/h5-11H,4,12-13H2,1-3H3,(H,22,25). The fraction of sp³-hybridized carbons (Fsp3) is 0.286. The van der Waals surface area contributed by atoms with E-state index in [0.29, 0.717) is 11.8 Å². The van der Waals surface area contributed by atoms with E-state index in [1.807, 2.05) is 60.9 Å². The van der Waals surface area contributed by atoms with Crippen molar-refractivity contribution in [3.05, 3.63) is 53.6 Å². The molecule has 0 aliphatic heterocycles. The average Bonchev–Trinajstić information content (AvgIpc) is 3.01. The normalized spacial score (nSPS) is 10.8. The molecule has 0 fully saturated rings. The van der Waals surface area contributed by atoms with Crippen LogP contribution in [0.2, 0.25) is 0 Å². The first-order valence-corrected chi connectivity index (χ1v) is 10.1. The van der Waals surface area contributed by atoms with E-state index in [4.69, 9.17) is 4.74 Å². The van der Waals surface area contributed by atoms with Crippen molar-refractivity contribution < 1.29 is 14.3 Å². The van der Waals surface area contributed by atoms with Crippen LogP contribution >= 0.6 is 11.8 Å². The first-order valence-electron chi connectivity index (χ1n) is 9.08. The van der Waals surface area contributed by atoms with Crippen LogP contribution in [0.5, 0.6) is 0 Å².